The number of rotatable bonds is 34. The molecule has 0 aliphatic carbocycles. The fraction of sp³-hybridized carbons (Fsp3) is 0.871. The molecular weight excluding hydrogens is 659 g/mol. The van der Waals surface area contributed by atoms with Crippen LogP contribution in [-0.2, 0) is 42.9 Å². The molecule has 0 radical (unpaired) electrons. The largest absolute Gasteiger partial charge is 0.394 e. The first-order chi connectivity index (χ1) is 22.9. The molecule has 0 heterocycles. The van der Waals surface area contributed by atoms with E-state index >= 15 is 0 Å². The molecule has 0 rings (SSSR count). The molecule has 1 unspecified atom stereocenters. The van der Waals surface area contributed by atoms with E-state index in [1.165, 1.54) is 0 Å². The third-order valence-electron chi connectivity index (χ3n) is 6.44. The molecule has 0 saturated heterocycles. The van der Waals surface area contributed by atoms with Crippen LogP contribution in [0, 0.1) is 0 Å². The van der Waals surface area contributed by atoms with E-state index in [9.17, 15) is 19.2 Å². The highest BCUT2D eigenvalue weighted by Crippen LogP contribution is 2.10. The molecule has 0 bridgehead atoms. The first-order valence-corrected chi connectivity index (χ1v) is 17.7. The smallest absolute Gasteiger partial charge is 0.224 e. The summed E-state index contributed by atoms with van der Waals surface area (Å²) in [5.41, 5.74) is 0. The van der Waals surface area contributed by atoms with Crippen molar-refractivity contribution in [2.24, 2.45) is 0 Å². The van der Waals surface area contributed by atoms with E-state index in [1.807, 2.05) is 6.92 Å². The van der Waals surface area contributed by atoms with Crippen molar-refractivity contribution < 1.29 is 48.0 Å². The predicted molar refractivity (Wildman–Crippen MR) is 180 cm³/mol. The Kier molecular flexibility index (Phi) is 32.8. The van der Waals surface area contributed by atoms with Gasteiger partial charge in [-0.3, -0.25) is 19.2 Å². The molecule has 0 aromatic rings. The SMILES string of the molecule is CCOCCCN(C(=O)CCCC(=O)NCCCOCCOCCOCCCNC(=O)CCCl)C(CCOCCO)NC(=O)CCCl. The molecule has 14 nitrogen and oxygen atoms in total. The van der Waals surface area contributed by atoms with Crippen molar-refractivity contribution >= 4 is 46.8 Å². The van der Waals surface area contributed by atoms with E-state index in [0.29, 0.717) is 110 Å². The maximum absolute atomic E-state index is 13.2. The zero-order valence-electron chi connectivity index (χ0n) is 28.1. The van der Waals surface area contributed by atoms with E-state index in [1.54, 1.807) is 4.90 Å². The number of hydrogen-bond acceptors (Lipinski definition) is 10. The summed E-state index contributed by atoms with van der Waals surface area (Å²) in [5, 5.41) is 17.5. The van der Waals surface area contributed by atoms with Crippen molar-refractivity contribution in [2.45, 2.75) is 70.9 Å². The molecule has 0 aromatic heterocycles. The third-order valence-corrected chi connectivity index (χ3v) is 6.82. The van der Waals surface area contributed by atoms with Crippen LogP contribution in [0.2, 0.25) is 0 Å². The number of carbonyl (C=O) groups excluding carboxylic acids is 4. The molecule has 4 amide bonds. The molecule has 1 atom stereocenters. The fourth-order valence-corrected chi connectivity index (χ4v) is 4.44. The summed E-state index contributed by atoms with van der Waals surface area (Å²) in [6.07, 6.45) is 2.82. The van der Waals surface area contributed by atoms with Gasteiger partial charge in [0.05, 0.1) is 46.2 Å². The summed E-state index contributed by atoms with van der Waals surface area (Å²) in [5.74, 6) is -0.185. The van der Waals surface area contributed by atoms with Gasteiger partial charge in [-0.15, -0.1) is 23.2 Å². The number of aliphatic hydroxyl groups excluding tert-OH is 1. The van der Waals surface area contributed by atoms with Crippen molar-refractivity contribution in [2.75, 3.05) is 104 Å². The number of aliphatic hydroxyl groups is 1. The van der Waals surface area contributed by atoms with Crippen LogP contribution in [0.4, 0.5) is 0 Å². The van der Waals surface area contributed by atoms with Gasteiger partial charge in [0.15, 0.2) is 0 Å². The van der Waals surface area contributed by atoms with Crippen LogP contribution in [0.5, 0.6) is 0 Å². The fourth-order valence-electron chi connectivity index (χ4n) is 4.10. The molecule has 276 valence electrons. The number of carbonyl (C=O) groups is 4. The third kappa shape index (κ3) is 28.9. The molecule has 4 N–H and O–H groups in total. The summed E-state index contributed by atoms with van der Waals surface area (Å²) < 4.78 is 27.2. The highest BCUT2D eigenvalue weighted by atomic mass is 35.5. The maximum atomic E-state index is 13.2. The summed E-state index contributed by atoms with van der Waals surface area (Å²) in [4.78, 5) is 50.8. The highest BCUT2D eigenvalue weighted by molar-refractivity contribution is 6.19. The second kappa shape index (κ2) is 34.1. The monoisotopic (exact) mass is 716 g/mol. The van der Waals surface area contributed by atoms with E-state index in [4.69, 9.17) is 52.0 Å². The van der Waals surface area contributed by atoms with Crippen molar-refractivity contribution in [3.05, 3.63) is 0 Å². The number of ether oxygens (including phenoxy) is 5. The minimum atomic E-state index is -0.607. The number of hydrogen-bond donors (Lipinski definition) is 4. The molecule has 16 heteroatoms. The first kappa shape index (κ1) is 45.2. The standard InChI is InChI=1S/C31H58Cl2N4O10/c1-2-43-20-6-16-37(27(11-21-46-22-17-38)36-30(41)10-13-33)31(42)8-3-7-28(39)34-14-4-18-44-23-25-47-26-24-45-19-5-15-35-29(40)9-12-32/h27,38H,2-26H2,1H3,(H,34,39)(H,35,40)(H,36,41). The Morgan fingerprint density at radius 2 is 1.17 bits per heavy atom. The van der Waals surface area contributed by atoms with Crippen molar-refractivity contribution in [1.29, 1.82) is 0 Å². The zero-order valence-corrected chi connectivity index (χ0v) is 29.6. The van der Waals surface area contributed by atoms with Gasteiger partial charge in [-0.25, -0.2) is 0 Å². The lowest BCUT2D eigenvalue weighted by molar-refractivity contribution is -0.137. The minimum Gasteiger partial charge on any atom is -0.394 e. The lowest BCUT2D eigenvalue weighted by Gasteiger charge is -2.33. The molecule has 0 aliphatic heterocycles. The van der Waals surface area contributed by atoms with Gasteiger partial charge in [0.2, 0.25) is 23.6 Å². The van der Waals surface area contributed by atoms with Crippen LogP contribution in [0.1, 0.15) is 64.7 Å². The minimum absolute atomic E-state index is 0.0569. The van der Waals surface area contributed by atoms with Crippen molar-refractivity contribution in [3.63, 3.8) is 0 Å². The number of nitrogens with one attached hydrogen (secondary N) is 3. The van der Waals surface area contributed by atoms with Crippen LogP contribution in [0.25, 0.3) is 0 Å². The Hall–Kier alpha value is -1.78. The molecular formula is C31H58Cl2N4O10. The molecule has 0 fully saturated rings. The van der Waals surface area contributed by atoms with E-state index < -0.39 is 6.17 Å². The Morgan fingerprint density at radius 1 is 0.638 bits per heavy atom. The molecule has 0 saturated carbocycles. The Labute approximate surface area is 290 Å². The number of halogens is 2. The number of alkyl halides is 2. The topological polar surface area (TPSA) is 174 Å². The van der Waals surface area contributed by atoms with Crippen molar-refractivity contribution in [3.8, 4) is 0 Å². The van der Waals surface area contributed by atoms with Gasteiger partial charge >= 0.3 is 0 Å². The molecule has 0 spiro atoms. The van der Waals surface area contributed by atoms with Crippen LogP contribution >= 0.6 is 23.2 Å². The summed E-state index contributed by atoms with van der Waals surface area (Å²) in [6, 6.07) is 0. The van der Waals surface area contributed by atoms with Crippen LogP contribution in [0.3, 0.4) is 0 Å². The molecule has 47 heavy (non-hydrogen) atoms. The van der Waals surface area contributed by atoms with Gasteiger partial charge in [0.1, 0.15) is 6.17 Å². The lowest BCUT2D eigenvalue weighted by Crippen LogP contribution is -2.52. The second-order valence-corrected chi connectivity index (χ2v) is 11.1. The normalized spacial score (nSPS) is 11.7. The van der Waals surface area contributed by atoms with Crippen LogP contribution in [-0.4, -0.2) is 144 Å². The van der Waals surface area contributed by atoms with E-state index in [0.717, 1.165) is 6.42 Å². The van der Waals surface area contributed by atoms with Gasteiger partial charge in [-0.1, -0.05) is 0 Å². The highest BCUT2D eigenvalue weighted by Gasteiger charge is 2.25. The summed E-state index contributed by atoms with van der Waals surface area (Å²) in [7, 11) is 0. The average Bonchev–Trinajstić information content (AvgIpc) is 3.04. The quantitative estimate of drug-likeness (QED) is 0.0435. The number of nitrogens with zero attached hydrogens (tertiary/aromatic N) is 1. The van der Waals surface area contributed by atoms with Crippen LogP contribution in [0.15, 0.2) is 0 Å². The van der Waals surface area contributed by atoms with Gasteiger partial charge in [-0.05, 0) is 32.6 Å². The molecule has 0 aromatic carbocycles. The first-order valence-electron chi connectivity index (χ1n) is 16.6. The Bertz CT molecular complexity index is 801. The van der Waals surface area contributed by atoms with E-state index in [2.05, 4.69) is 16.0 Å². The van der Waals surface area contributed by atoms with E-state index in [-0.39, 0.29) is 68.6 Å². The predicted octanol–water partition coefficient (Wildman–Crippen LogP) is 1.57. The zero-order chi connectivity index (χ0) is 34.8. The Balaban J connectivity index is 4.21. The average molecular weight is 718 g/mol. The summed E-state index contributed by atoms with van der Waals surface area (Å²) in [6.45, 7) is 7.40. The number of amides is 4. The molecule has 0 aliphatic rings. The van der Waals surface area contributed by atoms with Gasteiger partial charge < -0.3 is 49.6 Å². The maximum Gasteiger partial charge on any atom is 0.224 e. The second-order valence-electron chi connectivity index (χ2n) is 10.3. The Morgan fingerprint density at radius 3 is 1.74 bits per heavy atom. The summed E-state index contributed by atoms with van der Waals surface area (Å²) >= 11 is 11.2. The lowest BCUT2D eigenvalue weighted by atomic mass is 10.1. The van der Waals surface area contributed by atoms with Crippen molar-refractivity contribution in [1.82, 2.24) is 20.9 Å². The van der Waals surface area contributed by atoms with Crippen LogP contribution < -0.4 is 16.0 Å². The van der Waals surface area contributed by atoms with Gasteiger partial charge in [0, 0.05) is 89.9 Å². The van der Waals surface area contributed by atoms with Gasteiger partial charge in [-0.2, -0.15) is 0 Å². The van der Waals surface area contributed by atoms with Gasteiger partial charge in [0.25, 0.3) is 0 Å².